The molecule has 0 saturated heterocycles. The molecule has 3 nitrogen and oxygen atoms in total. The molecule has 0 amide bonds. The van der Waals surface area contributed by atoms with Crippen LogP contribution in [0, 0.1) is 6.92 Å². The SMILES string of the molecule is COc1cc(C)cc(OCCCO)c1. The highest BCUT2D eigenvalue weighted by Gasteiger charge is 1.99. The van der Waals surface area contributed by atoms with E-state index in [-0.39, 0.29) is 6.61 Å². The Morgan fingerprint density at radius 3 is 2.57 bits per heavy atom. The summed E-state index contributed by atoms with van der Waals surface area (Å²) < 4.78 is 10.5. The molecule has 0 fully saturated rings. The maximum atomic E-state index is 8.59. The standard InChI is InChI=1S/C11H16O3/c1-9-6-10(13-2)8-11(7-9)14-5-3-4-12/h6-8,12H,3-5H2,1-2H3. The van der Waals surface area contributed by atoms with Gasteiger partial charge in [0.1, 0.15) is 11.5 Å². The quantitative estimate of drug-likeness (QED) is 0.729. The van der Waals surface area contributed by atoms with Gasteiger partial charge in [-0.15, -0.1) is 0 Å². The molecule has 78 valence electrons. The van der Waals surface area contributed by atoms with Crippen molar-refractivity contribution in [3.8, 4) is 11.5 Å². The molecule has 0 heterocycles. The minimum Gasteiger partial charge on any atom is -0.497 e. The molecule has 0 aliphatic heterocycles. The summed E-state index contributed by atoms with van der Waals surface area (Å²) in [6.45, 7) is 2.67. The van der Waals surface area contributed by atoms with Crippen LogP contribution < -0.4 is 9.47 Å². The van der Waals surface area contributed by atoms with Crippen LogP contribution in [0.15, 0.2) is 18.2 Å². The van der Waals surface area contributed by atoms with Crippen molar-refractivity contribution in [2.75, 3.05) is 20.3 Å². The number of hydrogen-bond acceptors (Lipinski definition) is 3. The molecular formula is C11H16O3. The van der Waals surface area contributed by atoms with Gasteiger partial charge < -0.3 is 14.6 Å². The van der Waals surface area contributed by atoms with Crippen molar-refractivity contribution in [2.45, 2.75) is 13.3 Å². The number of rotatable bonds is 5. The zero-order valence-electron chi connectivity index (χ0n) is 8.62. The highest BCUT2D eigenvalue weighted by molar-refractivity contribution is 5.37. The van der Waals surface area contributed by atoms with Crippen LogP contribution in [0.3, 0.4) is 0 Å². The minimum atomic E-state index is 0.156. The zero-order valence-corrected chi connectivity index (χ0v) is 8.62. The molecular weight excluding hydrogens is 180 g/mol. The Kier molecular flexibility index (Phi) is 4.26. The highest BCUT2D eigenvalue weighted by Crippen LogP contribution is 2.22. The fourth-order valence-corrected chi connectivity index (χ4v) is 1.17. The number of ether oxygens (including phenoxy) is 2. The zero-order chi connectivity index (χ0) is 10.4. The summed E-state index contributed by atoms with van der Waals surface area (Å²) >= 11 is 0. The predicted molar refractivity (Wildman–Crippen MR) is 54.9 cm³/mol. The van der Waals surface area contributed by atoms with E-state index in [2.05, 4.69) is 0 Å². The second-order valence-corrected chi connectivity index (χ2v) is 3.11. The molecule has 0 radical (unpaired) electrons. The van der Waals surface area contributed by atoms with E-state index in [0.717, 1.165) is 17.1 Å². The first-order valence-corrected chi connectivity index (χ1v) is 4.65. The summed E-state index contributed by atoms with van der Waals surface area (Å²) in [7, 11) is 1.63. The maximum absolute atomic E-state index is 8.59. The third kappa shape index (κ3) is 3.26. The number of methoxy groups -OCH3 is 1. The Hall–Kier alpha value is -1.22. The van der Waals surface area contributed by atoms with Gasteiger partial charge in [0.2, 0.25) is 0 Å². The molecule has 0 spiro atoms. The summed E-state index contributed by atoms with van der Waals surface area (Å²) in [5.74, 6) is 1.58. The van der Waals surface area contributed by atoms with Crippen molar-refractivity contribution in [1.29, 1.82) is 0 Å². The molecule has 0 saturated carbocycles. The number of aryl methyl sites for hydroxylation is 1. The smallest absolute Gasteiger partial charge is 0.123 e. The maximum Gasteiger partial charge on any atom is 0.123 e. The van der Waals surface area contributed by atoms with Gasteiger partial charge in [-0.1, -0.05) is 0 Å². The van der Waals surface area contributed by atoms with Crippen LogP contribution in [-0.2, 0) is 0 Å². The fourth-order valence-electron chi connectivity index (χ4n) is 1.17. The fraction of sp³-hybridized carbons (Fsp3) is 0.455. The molecule has 0 aliphatic carbocycles. The van der Waals surface area contributed by atoms with Gasteiger partial charge in [-0.25, -0.2) is 0 Å². The summed E-state index contributed by atoms with van der Waals surface area (Å²) in [4.78, 5) is 0. The van der Waals surface area contributed by atoms with E-state index >= 15 is 0 Å². The first-order chi connectivity index (χ1) is 6.76. The Balaban J connectivity index is 2.62. The van der Waals surface area contributed by atoms with E-state index in [1.54, 1.807) is 7.11 Å². The van der Waals surface area contributed by atoms with Crippen molar-refractivity contribution in [3.05, 3.63) is 23.8 Å². The average Bonchev–Trinajstić information content (AvgIpc) is 2.17. The predicted octanol–water partition coefficient (Wildman–Crippen LogP) is 1.76. The normalized spacial score (nSPS) is 9.93. The highest BCUT2D eigenvalue weighted by atomic mass is 16.5. The lowest BCUT2D eigenvalue weighted by Crippen LogP contribution is -2.00. The van der Waals surface area contributed by atoms with Crippen LogP contribution in [0.2, 0.25) is 0 Å². The number of hydrogen-bond donors (Lipinski definition) is 1. The van der Waals surface area contributed by atoms with Gasteiger partial charge in [-0.3, -0.25) is 0 Å². The van der Waals surface area contributed by atoms with E-state index in [9.17, 15) is 0 Å². The minimum absolute atomic E-state index is 0.156. The number of aliphatic hydroxyl groups excluding tert-OH is 1. The molecule has 14 heavy (non-hydrogen) atoms. The Morgan fingerprint density at radius 1 is 1.21 bits per heavy atom. The van der Waals surface area contributed by atoms with Crippen molar-refractivity contribution >= 4 is 0 Å². The van der Waals surface area contributed by atoms with Gasteiger partial charge in [-0.05, 0) is 24.6 Å². The molecule has 1 aromatic carbocycles. The van der Waals surface area contributed by atoms with Crippen molar-refractivity contribution < 1.29 is 14.6 Å². The summed E-state index contributed by atoms with van der Waals surface area (Å²) in [6, 6.07) is 5.73. The van der Waals surface area contributed by atoms with Gasteiger partial charge in [0, 0.05) is 19.1 Å². The lowest BCUT2D eigenvalue weighted by atomic mass is 10.2. The summed E-state index contributed by atoms with van der Waals surface area (Å²) in [5.41, 5.74) is 1.10. The molecule has 1 rings (SSSR count). The first kappa shape index (κ1) is 10.9. The number of benzene rings is 1. The molecule has 1 aromatic rings. The molecule has 0 bridgehead atoms. The van der Waals surface area contributed by atoms with Crippen molar-refractivity contribution in [1.82, 2.24) is 0 Å². The van der Waals surface area contributed by atoms with Gasteiger partial charge in [0.25, 0.3) is 0 Å². The average molecular weight is 196 g/mol. The molecule has 3 heteroatoms. The molecule has 0 unspecified atom stereocenters. The molecule has 0 aromatic heterocycles. The van der Waals surface area contributed by atoms with Gasteiger partial charge >= 0.3 is 0 Å². The largest absolute Gasteiger partial charge is 0.497 e. The van der Waals surface area contributed by atoms with Crippen LogP contribution >= 0.6 is 0 Å². The van der Waals surface area contributed by atoms with Crippen LogP contribution in [-0.4, -0.2) is 25.4 Å². The monoisotopic (exact) mass is 196 g/mol. The van der Waals surface area contributed by atoms with Crippen LogP contribution in [0.25, 0.3) is 0 Å². The summed E-state index contributed by atoms with van der Waals surface area (Å²) in [5, 5.41) is 8.59. The Labute approximate surface area is 84.3 Å². The lowest BCUT2D eigenvalue weighted by molar-refractivity contribution is 0.233. The van der Waals surface area contributed by atoms with Gasteiger partial charge in [0.15, 0.2) is 0 Å². The van der Waals surface area contributed by atoms with Crippen LogP contribution in [0.1, 0.15) is 12.0 Å². The Bertz CT molecular complexity index is 284. The van der Waals surface area contributed by atoms with Crippen LogP contribution in [0.5, 0.6) is 11.5 Å². The number of aliphatic hydroxyl groups is 1. The molecule has 0 aliphatic rings. The second-order valence-electron chi connectivity index (χ2n) is 3.11. The van der Waals surface area contributed by atoms with Gasteiger partial charge in [-0.2, -0.15) is 0 Å². The molecule has 0 atom stereocenters. The van der Waals surface area contributed by atoms with Crippen molar-refractivity contribution in [3.63, 3.8) is 0 Å². The Morgan fingerprint density at radius 2 is 1.93 bits per heavy atom. The van der Waals surface area contributed by atoms with Gasteiger partial charge in [0.05, 0.1) is 13.7 Å². The molecule has 1 N–H and O–H groups in total. The van der Waals surface area contributed by atoms with E-state index < -0.39 is 0 Å². The lowest BCUT2D eigenvalue weighted by Gasteiger charge is -2.08. The third-order valence-corrected chi connectivity index (χ3v) is 1.83. The van der Waals surface area contributed by atoms with E-state index in [1.165, 1.54) is 0 Å². The first-order valence-electron chi connectivity index (χ1n) is 4.65. The van der Waals surface area contributed by atoms with Crippen molar-refractivity contribution in [2.24, 2.45) is 0 Å². The second kappa shape index (κ2) is 5.50. The van der Waals surface area contributed by atoms with E-state index in [1.807, 2.05) is 25.1 Å². The topological polar surface area (TPSA) is 38.7 Å². The third-order valence-electron chi connectivity index (χ3n) is 1.83. The van der Waals surface area contributed by atoms with E-state index in [0.29, 0.717) is 13.0 Å². The summed E-state index contributed by atoms with van der Waals surface area (Å²) in [6.07, 6.45) is 0.649. The van der Waals surface area contributed by atoms with Crippen LogP contribution in [0.4, 0.5) is 0 Å². The van der Waals surface area contributed by atoms with E-state index in [4.69, 9.17) is 14.6 Å².